The molecule has 1 aromatic rings. The maximum atomic E-state index is 9.03. The summed E-state index contributed by atoms with van der Waals surface area (Å²) in [4.78, 5) is 18.1. The molecule has 0 heterocycles. The minimum atomic E-state index is -1.50. The van der Waals surface area contributed by atoms with Gasteiger partial charge in [-0.2, -0.15) is 0 Å². The average molecular weight is 585 g/mol. The molecular weight excluding hydrogens is 520 g/mol. The second kappa shape index (κ2) is 29.2. The fraction of sp³-hybridized carbons (Fsp3) is 0.758. The topological polar surface area (TPSA) is 98.7 Å². The van der Waals surface area contributed by atoms with Gasteiger partial charge in [0.05, 0.1) is 48.8 Å². The van der Waals surface area contributed by atoms with E-state index in [1.807, 2.05) is 0 Å². The van der Waals surface area contributed by atoms with Gasteiger partial charge in [0, 0.05) is 19.8 Å². The van der Waals surface area contributed by atoms with E-state index < -0.39 is 12.3 Å². The van der Waals surface area contributed by atoms with Crippen LogP contribution in [0.25, 0.3) is 0 Å². The van der Waals surface area contributed by atoms with E-state index in [1.165, 1.54) is 102 Å². The van der Waals surface area contributed by atoms with E-state index in [2.05, 4.69) is 89.0 Å². The second-order valence-corrected chi connectivity index (χ2v) is 12.5. The quantitative estimate of drug-likeness (QED) is 0.126. The summed E-state index contributed by atoms with van der Waals surface area (Å²) in [6.45, 7) is 4.72. The molecule has 41 heavy (non-hydrogen) atoms. The molecule has 0 aliphatic heterocycles. The van der Waals surface area contributed by atoms with Gasteiger partial charge >= 0.3 is 0 Å². The number of methoxy groups -OCH3 is 2. The van der Waals surface area contributed by atoms with Gasteiger partial charge in [-0.3, -0.25) is 0 Å². The van der Waals surface area contributed by atoms with E-state index in [-0.39, 0.29) is 0 Å². The van der Waals surface area contributed by atoms with Crippen LogP contribution in [-0.4, -0.2) is 84.3 Å². The average Bonchev–Trinajstić information content (AvgIpc) is 2.89. The smallest absolute Gasteiger partial charge is 0.251 e. The molecule has 0 saturated heterocycles. The number of unbranched alkanes of at least 4 members (excludes halogenated alkanes) is 13. The third kappa shape index (κ3) is 47.8. The highest BCUT2D eigenvalue weighted by Crippen LogP contribution is 2.13. The van der Waals surface area contributed by atoms with Crippen molar-refractivity contribution in [2.24, 2.45) is 0 Å². The molecular formula is C33H64N2O6. The zero-order chi connectivity index (χ0) is 32.0. The van der Waals surface area contributed by atoms with Crippen LogP contribution in [0.3, 0.4) is 0 Å². The van der Waals surface area contributed by atoms with Crippen LogP contribution in [0.2, 0.25) is 0 Å². The third-order valence-corrected chi connectivity index (χ3v) is 6.02. The number of carbonyl (C=O) groups is 2. The van der Waals surface area contributed by atoms with Crippen LogP contribution in [0, 0.1) is 0 Å². The minimum absolute atomic E-state index is 0.990. The minimum Gasteiger partial charge on any atom is -0.553 e. The Labute approximate surface area is 252 Å². The first kappa shape index (κ1) is 43.1. The Bertz CT molecular complexity index is 686. The lowest BCUT2D eigenvalue weighted by Gasteiger charge is -2.23. The zero-order valence-corrected chi connectivity index (χ0v) is 28.0. The highest BCUT2D eigenvalue weighted by Gasteiger charge is 2.07. The highest BCUT2D eigenvalue weighted by atomic mass is 16.7. The van der Waals surface area contributed by atoms with Crippen molar-refractivity contribution in [3.05, 3.63) is 35.9 Å². The van der Waals surface area contributed by atoms with Crippen LogP contribution in [0.15, 0.2) is 30.3 Å². The van der Waals surface area contributed by atoms with Crippen LogP contribution in [0.1, 0.15) is 102 Å². The first-order valence-electron chi connectivity index (χ1n) is 15.3. The summed E-state index contributed by atoms with van der Waals surface area (Å²) in [7, 11) is 15.6. The van der Waals surface area contributed by atoms with E-state index in [4.69, 9.17) is 19.8 Å². The molecule has 0 atom stereocenters. The van der Waals surface area contributed by atoms with Crippen LogP contribution >= 0.6 is 0 Å². The number of ether oxygens (including phenoxy) is 2. The number of hydrogen-bond acceptors (Lipinski definition) is 6. The van der Waals surface area contributed by atoms with Crippen molar-refractivity contribution in [2.75, 3.05) is 63.1 Å². The van der Waals surface area contributed by atoms with Crippen LogP contribution in [0.4, 0.5) is 9.59 Å². The van der Waals surface area contributed by atoms with Gasteiger partial charge in [-0.05, 0) is 12.8 Å². The van der Waals surface area contributed by atoms with Gasteiger partial charge in [0.1, 0.15) is 6.54 Å². The van der Waals surface area contributed by atoms with Crippen LogP contribution in [-0.2, 0) is 16.0 Å². The molecule has 0 aromatic heterocycles. The Balaban J connectivity index is -0.000000568. The van der Waals surface area contributed by atoms with Gasteiger partial charge in [0.15, 0.2) is 0 Å². The summed E-state index contributed by atoms with van der Waals surface area (Å²) in [5.41, 5.74) is 1.40. The monoisotopic (exact) mass is 584 g/mol. The first-order chi connectivity index (χ1) is 19.2. The van der Waals surface area contributed by atoms with Crippen molar-refractivity contribution in [1.82, 2.24) is 0 Å². The normalized spacial score (nSPS) is 10.6. The van der Waals surface area contributed by atoms with Crippen molar-refractivity contribution in [3.8, 4) is 0 Å². The molecule has 0 amide bonds. The standard InChI is InChI=1S/C19H42N.C10H16N.2C2H4O3/c1-5-6-7-8-9-10-11-12-13-14-15-16-17-18-19-20(2,3)4;1-11(2,3)9-10-7-5-4-6-8-10;2*1-5-2(3)4/h5-19H2,1-4H3;4-8H,9H2,1-3H3;2*1H3,(H,3,4)/q2*+1;;/p-2. The fourth-order valence-electron chi connectivity index (χ4n) is 3.91. The SMILES string of the molecule is CCCCCCCCCCCCCCCC[N+](C)(C)C.COC(=O)[O-].COC(=O)[O-].C[N+](C)(C)Cc1ccccc1. The maximum absolute atomic E-state index is 9.03. The second-order valence-electron chi connectivity index (χ2n) is 12.5. The number of hydrogen-bond donors (Lipinski definition) is 0. The molecule has 0 aliphatic carbocycles. The molecule has 0 spiro atoms. The van der Waals surface area contributed by atoms with Crippen LogP contribution < -0.4 is 10.2 Å². The summed E-state index contributed by atoms with van der Waals surface area (Å²) in [6.07, 6.45) is 17.4. The molecule has 0 N–H and O–H groups in total. The summed E-state index contributed by atoms with van der Waals surface area (Å²) < 4.78 is 9.22. The van der Waals surface area contributed by atoms with Crippen molar-refractivity contribution in [3.63, 3.8) is 0 Å². The molecule has 0 saturated carbocycles. The van der Waals surface area contributed by atoms with E-state index in [9.17, 15) is 0 Å². The Morgan fingerprint density at radius 3 is 1.17 bits per heavy atom. The zero-order valence-electron chi connectivity index (χ0n) is 28.0. The van der Waals surface area contributed by atoms with E-state index >= 15 is 0 Å². The van der Waals surface area contributed by atoms with E-state index in [0.717, 1.165) is 29.7 Å². The number of rotatable bonds is 17. The lowest BCUT2D eigenvalue weighted by molar-refractivity contribution is -0.884. The van der Waals surface area contributed by atoms with Gasteiger partial charge in [-0.1, -0.05) is 114 Å². The molecule has 242 valence electrons. The van der Waals surface area contributed by atoms with Gasteiger partial charge in [-0.25, -0.2) is 0 Å². The Morgan fingerprint density at radius 1 is 0.585 bits per heavy atom. The van der Waals surface area contributed by atoms with Gasteiger partial charge in [0.2, 0.25) is 0 Å². The number of nitrogens with zero attached hydrogens (tertiary/aromatic N) is 2. The first-order valence-corrected chi connectivity index (χ1v) is 15.3. The Kier molecular flexibility index (Phi) is 30.7. The lowest BCUT2D eigenvalue weighted by Crippen LogP contribution is -2.35. The summed E-state index contributed by atoms with van der Waals surface area (Å²) >= 11 is 0. The third-order valence-electron chi connectivity index (χ3n) is 6.02. The molecule has 0 aliphatic rings. The molecule has 0 bridgehead atoms. The molecule has 0 fully saturated rings. The van der Waals surface area contributed by atoms with Crippen molar-refractivity contribution in [2.45, 2.75) is 103 Å². The molecule has 0 radical (unpaired) electrons. The summed E-state index contributed by atoms with van der Waals surface area (Å²) in [5.74, 6) is 0. The Morgan fingerprint density at radius 2 is 0.902 bits per heavy atom. The molecule has 8 heteroatoms. The Hall–Kier alpha value is -2.32. The highest BCUT2D eigenvalue weighted by molar-refractivity contribution is 5.53. The predicted octanol–water partition coefficient (Wildman–Crippen LogP) is 6.02. The lowest BCUT2D eigenvalue weighted by atomic mass is 10.0. The van der Waals surface area contributed by atoms with Crippen molar-refractivity contribution >= 4 is 12.3 Å². The van der Waals surface area contributed by atoms with E-state index in [0.29, 0.717) is 0 Å². The predicted molar refractivity (Wildman–Crippen MR) is 166 cm³/mol. The fourth-order valence-corrected chi connectivity index (χ4v) is 3.91. The summed E-state index contributed by atoms with van der Waals surface area (Å²) in [5, 5.41) is 18.1. The number of carboxylic acid groups (broad SMARTS) is 2. The van der Waals surface area contributed by atoms with Crippen LogP contribution in [0.5, 0.6) is 0 Å². The van der Waals surface area contributed by atoms with Crippen molar-refractivity contribution in [1.29, 1.82) is 0 Å². The number of quaternary nitrogens is 2. The largest absolute Gasteiger partial charge is 0.553 e. The summed E-state index contributed by atoms with van der Waals surface area (Å²) in [6, 6.07) is 10.6. The number of carbonyl (C=O) groups excluding carboxylic acids is 2. The van der Waals surface area contributed by atoms with E-state index in [1.54, 1.807) is 0 Å². The van der Waals surface area contributed by atoms with Gasteiger partial charge in [0.25, 0.3) is 12.3 Å². The molecule has 0 unspecified atom stereocenters. The number of benzene rings is 1. The maximum Gasteiger partial charge on any atom is 0.251 e. The van der Waals surface area contributed by atoms with Gasteiger partial charge in [-0.15, -0.1) is 0 Å². The van der Waals surface area contributed by atoms with Crippen molar-refractivity contribution < 1.29 is 38.2 Å². The molecule has 1 rings (SSSR count). The molecule has 8 nitrogen and oxygen atoms in total. The molecule has 1 aromatic carbocycles. The van der Waals surface area contributed by atoms with Gasteiger partial charge < -0.3 is 38.2 Å².